The summed E-state index contributed by atoms with van der Waals surface area (Å²) in [5.41, 5.74) is 6.88. The van der Waals surface area contributed by atoms with Gasteiger partial charge in [0.1, 0.15) is 0 Å². The second-order valence-electron chi connectivity index (χ2n) is 7.59. The van der Waals surface area contributed by atoms with Crippen LogP contribution in [0.1, 0.15) is 40.0 Å². The molecule has 0 aromatic carbocycles. The smallest absolute Gasteiger partial charge is 0.0363 e. The summed E-state index contributed by atoms with van der Waals surface area (Å²) < 4.78 is 0. The van der Waals surface area contributed by atoms with Gasteiger partial charge in [-0.25, -0.2) is 0 Å². The van der Waals surface area contributed by atoms with Crippen molar-refractivity contribution in [1.82, 2.24) is 9.80 Å². The quantitative estimate of drug-likeness (QED) is 0.808. The van der Waals surface area contributed by atoms with Gasteiger partial charge < -0.3 is 5.73 Å². The van der Waals surface area contributed by atoms with Gasteiger partial charge >= 0.3 is 0 Å². The monoisotopic (exact) mass is 251 g/mol. The second-order valence-corrected chi connectivity index (χ2v) is 7.59. The molecule has 3 rings (SSSR count). The maximum absolute atomic E-state index is 6.18. The minimum Gasteiger partial charge on any atom is -0.329 e. The number of fused-ring (bicyclic) bond motifs is 1. The van der Waals surface area contributed by atoms with Crippen LogP contribution in [-0.4, -0.2) is 53.6 Å². The predicted octanol–water partition coefficient (Wildman–Crippen LogP) is 1.53. The molecule has 1 heterocycles. The summed E-state index contributed by atoms with van der Waals surface area (Å²) in [6.07, 6.45) is 4.24. The minimum absolute atomic E-state index is 0.319. The van der Waals surface area contributed by atoms with Crippen LogP contribution in [0.4, 0.5) is 0 Å². The van der Waals surface area contributed by atoms with Crippen molar-refractivity contribution in [2.45, 2.75) is 51.1 Å². The summed E-state index contributed by atoms with van der Waals surface area (Å²) >= 11 is 0. The highest BCUT2D eigenvalue weighted by Crippen LogP contribution is 2.59. The topological polar surface area (TPSA) is 32.5 Å². The summed E-state index contributed by atoms with van der Waals surface area (Å²) in [6.45, 7) is 12.7. The molecule has 3 atom stereocenters. The Labute approximate surface area is 112 Å². The highest BCUT2D eigenvalue weighted by molar-refractivity contribution is 5.14. The molecule has 3 unspecified atom stereocenters. The molecule has 2 saturated carbocycles. The normalized spacial score (nSPS) is 42.0. The molecule has 0 bridgehead atoms. The molecule has 3 heteroatoms. The molecule has 2 N–H and O–H groups in total. The van der Waals surface area contributed by atoms with E-state index in [9.17, 15) is 0 Å². The highest BCUT2D eigenvalue weighted by Gasteiger charge is 2.59. The molecule has 3 fully saturated rings. The summed E-state index contributed by atoms with van der Waals surface area (Å²) in [5.74, 6) is 1.96. The maximum Gasteiger partial charge on any atom is 0.0363 e. The Morgan fingerprint density at radius 3 is 2.22 bits per heavy atom. The summed E-state index contributed by atoms with van der Waals surface area (Å²) in [7, 11) is 0. The van der Waals surface area contributed by atoms with Crippen LogP contribution in [0, 0.1) is 11.8 Å². The largest absolute Gasteiger partial charge is 0.329 e. The van der Waals surface area contributed by atoms with Crippen molar-refractivity contribution in [1.29, 1.82) is 0 Å². The summed E-state index contributed by atoms with van der Waals surface area (Å²) in [4.78, 5) is 5.36. The first kappa shape index (κ1) is 12.9. The first-order valence-corrected chi connectivity index (χ1v) is 7.67. The molecule has 3 aliphatic rings. The average molecular weight is 251 g/mol. The zero-order chi connectivity index (χ0) is 13.0. The zero-order valence-electron chi connectivity index (χ0n) is 12.3. The van der Waals surface area contributed by atoms with Crippen LogP contribution in [0.25, 0.3) is 0 Å². The number of piperazine rings is 1. The third-order valence-electron chi connectivity index (χ3n) is 5.77. The van der Waals surface area contributed by atoms with Gasteiger partial charge in [0.2, 0.25) is 0 Å². The Bertz CT molecular complexity index is 314. The number of hydrogen-bond donors (Lipinski definition) is 1. The van der Waals surface area contributed by atoms with E-state index in [1.54, 1.807) is 0 Å². The lowest BCUT2D eigenvalue weighted by Crippen LogP contribution is -2.62. The van der Waals surface area contributed by atoms with Crippen LogP contribution < -0.4 is 5.73 Å². The van der Waals surface area contributed by atoms with Crippen LogP contribution in [-0.2, 0) is 0 Å². The van der Waals surface area contributed by atoms with Gasteiger partial charge in [0.15, 0.2) is 0 Å². The first-order valence-electron chi connectivity index (χ1n) is 7.67. The maximum atomic E-state index is 6.18. The van der Waals surface area contributed by atoms with E-state index >= 15 is 0 Å². The van der Waals surface area contributed by atoms with E-state index in [2.05, 4.69) is 30.6 Å². The van der Waals surface area contributed by atoms with Crippen LogP contribution in [0.5, 0.6) is 0 Å². The number of hydrogen-bond acceptors (Lipinski definition) is 3. The molecule has 3 nitrogen and oxygen atoms in total. The molecule has 0 spiro atoms. The molecule has 1 aliphatic heterocycles. The minimum atomic E-state index is 0.319. The van der Waals surface area contributed by atoms with Gasteiger partial charge in [-0.15, -0.1) is 0 Å². The Kier molecular flexibility index (Phi) is 3.00. The van der Waals surface area contributed by atoms with Gasteiger partial charge in [0.05, 0.1) is 0 Å². The van der Waals surface area contributed by atoms with Gasteiger partial charge in [0, 0.05) is 43.8 Å². The fraction of sp³-hybridized carbons (Fsp3) is 1.00. The summed E-state index contributed by atoms with van der Waals surface area (Å²) in [5, 5.41) is 0. The van der Waals surface area contributed by atoms with Crippen molar-refractivity contribution in [2.24, 2.45) is 17.6 Å². The van der Waals surface area contributed by atoms with Crippen molar-refractivity contribution in [3.05, 3.63) is 0 Å². The summed E-state index contributed by atoms with van der Waals surface area (Å²) in [6, 6.07) is 0. The van der Waals surface area contributed by atoms with E-state index in [0.29, 0.717) is 11.1 Å². The molecule has 0 aromatic heterocycles. The molecule has 104 valence electrons. The molecule has 2 aliphatic carbocycles. The van der Waals surface area contributed by atoms with Gasteiger partial charge in [0.25, 0.3) is 0 Å². The number of nitrogens with zero attached hydrogens (tertiary/aromatic N) is 2. The number of nitrogens with two attached hydrogens (primary N) is 1. The molecular weight excluding hydrogens is 222 g/mol. The Balaban J connectivity index is 1.65. The lowest BCUT2D eigenvalue weighted by atomic mass is 9.89. The molecule has 1 saturated heterocycles. The van der Waals surface area contributed by atoms with Crippen LogP contribution >= 0.6 is 0 Å². The molecule has 0 amide bonds. The lowest BCUT2D eigenvalue weighted by molar-refractivity contribution is -0.00283. The Morgan fingerprint density at radius 2 is 1.83 bits per heavy atom. The Hall–Kier alpha value is -0.120. The van der Waals surface area contributed by atoms with Crippen molar-refractivity contribution < 1.29 is 0 Å². The molecule has 0 radical (unpaired) electrons. The van der Waals surface area contributed by atoms with Gasteiger partial charge in [-0.3, -0.25) is 9.80 Å². The third-order valence-corrected chi connectivity index (χ3v) is 5.77. The fourth-order valence-electron chi connectivity index (χ4n) is 4.44. The molecule has 18 heavy (non-hydrogen) atoms. The van der Waals surface area contributed by atoms with Crippen LogP contribution in [0.3, 0.4) is 0 Å². The Morgan fingerprint density at radius 1 is 1.17 bits per heavy atom. The third kappa shape index (κ3) is 1.91. The van der Waals surface area contributed by atoms with Crippen molar-refractivity contribution in [3.63, 3.8) is 0 Å². The molecular formula is C15H29N3. The zero-order valence-corrected chi connectivity index (χ0v) is 12.3. The lowest BCUT2D eigenvalue weighted by Gasteiger charge is -2.49. The standard InChI is InChI=1S/C15H29N3/c1-14(2,3)17-6-8-18(9-7-17)15(11-16)5-4-12-10-13(12)15/h12-13H,4-11,16H2,1-3H3. The predicted molar refractivity (Wildman–Crippen MR) is 75.5 cm³/mol. The van der Waals surface area contributed by atoms with E-state index in [4.69, 9.17) is 5.73 Å². The van der Waals surface area contributed by atoms with E-state index in [1.807, 2.05) is 0 Å². The van der Waals surface area contributed by atoms with Crippen molar-refractivity contribution in [2.75, 3.05) is 32.7 Å². The van der Waals surface area contributed by atoms with Crippen molar-refractivity contribution in [3.8, 4) is 0 Å². The number of rotatable bonds is 2. The van der Waals surface area contributed by atoms with Gasteiger partial charge in [-0.2, -0.15) is 0 Å². The van der Waals surface area contributed by atoms with Gasteiger partial charge in [-0.05, 0) is 51.9 Å². The average Bonchev–Trinajstić information content (AvgIpc) is 3.04. The van der Waals surface area contributed by atoms with Crippen LogP contribution in [0.2, 0.25) is 0 Å². The van der Waals surface area contributed by atoms with E-state index < -0.39 is 0 Å². The van der Waals surface area contributed by atoms with E-state index in [-0.39, 0.29) is 0 Å². The first-order chi connectivity index (χ1) is 8.47. The highest BCUT2D eigenvalue weighted by atomic mass is 15.3. The van der Waals surface area contributed by atoms with Gasteiger partial charge in [-0.1, -0.05) is 0 Å². The van der Waals surface area contributed by atoms with E-state index in [1.165, 1.54) is 45.4 Å². The van der Waals surface area contributed by atoms with Crippen molar-refractivity contribution >= 4 is 0 Å². The van der Waals surface area contributed by atoms with E-state index in [0.717, 1.165) is 18.4 Å². The SMILES string of the molecule is CC(C)(C)N1CCN(C2(CN)CCC3CC32)CC1. The second kappa shape index (κ2) is 4.19. The fourth-order valence-corrected chi connectivity index (χ4v) is 4.44. The molecule has 0 aromatic rings. The van der Waals surface area contributed by atoms with Crippen LogP contribution in [0.15, 0.2) is 0 Å².